The predicted molar refractivity (Wildman–Crippen MR) is 70.5 cm³/mol. The van der Waals surface area contributed by atoms with Gasteiger partial charge in [-0.3, -0.25) is 9.59 Å². The zero-order valence-corrected chi connectivity index (χ0v) is 10.4. The highest BCUT2D eigenvalue weighted by atomic mass is 16.3. The van der Waals surface area contributed by atoms with Crippen molar-refractivity contribution in [1.82, 2.24) is 0 Å². The second-order valence-electron chi connectivity index (χ2n) is 3.87. The van der Waals surface area contributed by atoms with Crippen LogP contribution in [0.15, 0.2) is 30.4 Å². The molecule has 0 aromatic heterocycles. The van der Waals surface area contributed by atoms with Crippen LogP contribution in [-0.2, 0) is 9.59 Å². The molecule has 1 aromatic rings. The van der Waals surface area contributed by atoms with E-state index in [2.05, 4.69) is 17.2 Å². The van der Waals surface area contributed by atoms with Crippen molar-refractivity contribution in [1.29, 1.82) is 0 Å². The topological polar surface area (TPSA) is 78.4 Å². The monoisotopic (exact) mass is 248 g/mol. The molecule has 0 atom stereocenters. The van der Waals surface area contributed by atoms with Gasteiger partial charge in [0.25, 0.3) is 5.91 Å². The van der Waals surface area contributed by atoms with Crippen LogP contribution in [0.25, 0.3) is 0 Å². The van der Waals surface area contributed by atoms with Gasteiger partial charge in [0.1, 0.15) is 5.75 Å². The van der Waals surface area contributed by atoms with Crippen LogP contribution in [0.3, 0.4) is 0 Å². The van der Waals surface area contributed by atoms with Gasteiger partial charge < -0.3 is 15.7 Å². The number of aromatic hydroxyl groups is 1. The minimum atomic E-state index is -0.320. The lowest BCUT2D eigenvalue weighted by molar-refractivity contribution is -0.116. The smallest absolute Gasteiger partial charge is 0.250 e. The number of amides is 2. The van der Waals surface area contributed by atoms with E-state index >= 15 is 0 Å². The van der Waals surface area contributed by atoms with Gasteiger partial charge in [0.2, 0.25) is 5.91 Å². The first-order valence-electron chi connectivity index (χ1n) is 5.53. The van der Waals surface area contributed by atoms with Crippen LogP contribution in [0, 0.1) is 0 Å². The van der Waals surface area contributed by atoms with E-state index in [4.69, 9.17) is 0 Å². The summed E-state index contributed by atoms with van der Waals surface area (Å²) in [7, 11) is 0. The molecule has 0 aliphatic rings. The van der Waals surface area contributed by atoms with E-state index < -0.39 is 0 Å². The van der Waals surface area contributed by atoms with E-state index in [0.29, 0.717) is 23.4 Å². The molecule has 0 spiro atoms. The van der Waals surface area contributed by atoms with Crippen molar-refractivity contribution in [2.75, 3.05) is 10.6 Å². The Hall–Kier alpha value is -2.30. The molecule has 2 amide bonds. The van der Waals surface area contributed by atoms with Crippen molar-refractivity contribution < 1.29 is 14.7 Å². The SMILES string of the molecule is C=C(C)C(=O)Nc1ccc(NC(=O)CC)c(O)c1. The maximum Gasteiger partial charge on any atom is 0.250 e. The van der Waals surface area contributed by atoms with Gasteiger partial charge in [-0.1, -0.05) is 13.5 Å². The number of hydrogen-bond acceptors (Lipinski definition) is 3. The Morgan fingerprint density at radius 1 is 1.33 bits per heavy atom. The molecule has 5 heteroatoms. The first-order chi connectivity index (χ1) is 8.43. The van der Waals surface area contributed by atoms with Gasteiger partial charge in [0.15, 0.2) is 0 Å². The Balaban J connectivity index is 2.82. The molecule has 1 aromatic carbocycles. The molecule has 0 bridgehead atoms. The fraction of sp³-hybridized carbons (Fsp3) is 0.231. The van der Waals surface area contributed by atoms with Crippen LogP contribution >= 0.6 is 0 Å². The minimum absolute atomic E-state index is 0.101. The normalized spacial score (nSPS) is 9.67. The number of carbonyl (C=O) groups is 2. The quantitative estimate of drug-likeness (QED) is 0.565. The molecular formula is C13H16N2O3. The maximum atomic E-state index is 11.4. The Kier molecular flexibility index (Phi) is 4.48. The Morgan fingerprint density at radius 2 is 2.00 bits per heavy atom. The summed E-state index contributed by atoms with van der Waals surface area (Å²) in [5, 5.41) is 14.8. The zero-order valence-electron chi connectivity index (χ0n) is 10.4. The van der Waals surface area contributed by atoms with Crippen molar-refractivity contribution in [2.24, 2.45) is 0 Å². The maximum absolute atomic E-state index is 11.4. The standard InChI is InChI=1S/C13H16N2O3/c1-4-12(17)15-10-6-5-9(7-11(10)16)14-13(18)8(2)3/h5-7,16H,2,4H2,1,3H3,(H,14,18)(H,15,17). The van der Waals surface area contributed by atoms with E-state index in [1.807, 2.05) is 0 Å². The second kappa shape index (κ2) is 5.86. The summed E-state index contributed by atoms with van der Waals surface area (Å²) >= 11 is 0. The van der Waals surface area contributed by atoms with E-state index in [9.17, 15) is 14.7 Å². The first-order valence-corrected chi connectivity index (χ1v) is 5.53. The third-order valence-electron chi connectivity index (χ3n) is 2.24. The van der Waals surface area contributed by atoms with Crippen LogP contribution < -0.4 is 10.6 Å². The average Bonchev–Trinajstić information content (AvgIpc) is 2.32. The van der Waals surface area contributed by atoms with Crippen molar-refractivity contribution in [3.05, 3.63) is 30.4 Å². The van der Waals surface area contributed by atoms with Crippen LogP contribution in [0.2, 0.25) is 0 Å². The van der Waals surface area contributed by atoms with E-state index in [-0.39, 0.29) is 17.6 Å². The predicted octanol–water partition coefficient (Wildman–Crippen LogP) is 2.26. The summed E-state index contributed by atoms with van der Waals surface area (Å²) in [5.74, 6) is -0.611. The van der Waals surface area contributed by atoms with Crippen LogP contribution in [0.1, 0.15) is 20.3 Å². The van der Waals surface area contributed by atoms with E-state index in [0.717, 1.165) is 0 Å². The number of phenols is 1. The molecule has 0 unspecified atom stereocenters. The fourth-order valence-corrected chi connectivity index (χ4v) is 1.19. The van der Waals surface area contributed by atoms with Gasteiger partial charge >= 0.3 is 0 Å². The number of carbonyl (C=O) groups excluding carboxylic acids is 2. The van der Waals surface area contributed by atoms with Gasteiger partial charge in [-0.05, 0) is 19.1 Å². The molecule has 96 valence electrons. The fourth-order valence-electron chi connectivity index (χ4n) is 1.19. The highest BCUT2D eigenvalue weighted by molar-refractivity contribution is 6.03. The van der Waals surface area contributed by atoms with Crippen molar-refractivity contribution in [3.8, 4) is 5.75 Å². The number of nitrogens with one attached hydrogen (secondary N) is 2. The van der Waals surface area contributed by atoms with Crippen LogP contribution in [0.4, 0.5) is 11.4 Å². The Morgan fingerprint density at radius 3 is 2.50 bits per heavy atom. The third kappa shape index (κ3) is 3.62. The highest BCUT2D eigenvalue weighted by Crippen LogP contribution is 2.27. The number of benzene rings is 1. The molecular weight excluding hydrogens is 232 g/mol. The molecule has 0 fully saturated rings. The lowest BCUT2D eigenvalue weighted by Crippen LogP contribution is -2.12. The second-order valence-corrected chi connectivity index (χ2v) is 3.87. The van der Waals surface area contributed by atoms with E-state index in [1.165, 1.54) is 12.1 Å². The third-order valence-corrected chi connectivity index (χ3v) is 2.24. The summed E-state index contributed by atoms with van der Waals surface area (Å²) in [5.41, 5.74) is 1.13. The van der Waals surface area contributed by atoms with Crippen molar-refractivity contribution in [3.63, 3.8) is 0 Å². The molecule has 1 rings (SSSR count). The number of hydrogen-bond donors (Lipinski definition) is 3. The molecule has 0 radical (unpaired) electrons. The van der Waals surface area contributed by atoms with Crippen LogP contribution in [-0.4, -0.2) is 16.9 Å². The highest BCUT2D eigenvalue weighted by Gasteiger charge is 2.07. The minimum Gasteiger partial charge on any atom is -0.506 e. The molecule has 18 heavy (non-hydrogen) atoms. The van der Waals surface area contributed by atoms with Gasteiger partial charge in [-0.2, -0.15) is 0 Å². The number of phenolic OH excluding ortho intramolecular Hbond substituents is 1. The van der Waals surface area contributed by atoms with Crippen LogP contribution in [0.5, 0.6) is 5.75 Å². The zero-order chi connectivity index (χ0) is 13.7. The molecule has 0 saturated heterocycles. The van der Waals surface area contributed by atoms with E-state index in [1.54, 1.807) is 19.9 Å². The van der Waals surface area contributed by atoms with Crippen molar-refractivity contribution in [2.45, 2.75) is 20.3 Å². The summed E-state index contributed by atoms with van der Waals surface area (Å²) in [6.07, 6.45) is 0.327. The first kappa shape index (κ1) is 13.8. The van der Waals surface area contributed by atoms with Gasteiger partial charge in [0.05, 0.1) is 5.69 Å². The Labute approximate surface area is 106 Å². The summed E-state index contributed by atoms with van der Waals surface area (Å²) < 4.78 is 0. The molecule has 0 aliphatic carbocycles. The summed E-state index contributed by atoms with van der Waals surface area (Å²) in [6, 6.07) is 4.48. The molecule has 0 heterocycles. The largest absolute Gasteiger partial charge is 0.506 e. The summed E-state index contributed by atoms with van der Waals surface area (Å²) in [4.78, 5) is 22.6. The summed E-state index contributed by atoms with van der Waals surface area (Å²) in [6.45, 7) is 6.81. The molecule has 3 N–H and O–H groups in total. The number of anilines is 2. The van der Waals surface area contributed by atoms with Gasteiger partial charge in [0, 0.05) is 23.7 Å². The molecule has 5 nitrogen and oxygen atoms in total. The Bertz CT molecular complexity index is 495. The lowest BCUT2D eigenvalue weighted by atomic mass is 10.2. The number of rotatable bonds is 4. The van der Waals surface area contributed by atoms with Gasteiger partial charge in [-0.25, -0.2) is 0 Å². The average molecular weight is 248 g/mol. The molecule has 0 saturated carbocycles. The van der Waals surface area contributed by atoms with Crippen molar-refractivity contribution >= 4 is 23.2 Å². The van der Waals surface area contributed by atoms with Gasteiger partial charge in [-0.15, -0.1) is 0 Å². The molecule has 0 aliphatic heterocycles. The lowest BCUT2D eigenvalue weighted by Gasteiger charge is -2.09.